The van der Waals surface area contributed by atoms with E-state index in [1.807, 2.05) is 25.1 Å². The van der Waals surface area contributed by atoms with Crippen molar-refractivity contribution in [3.05, 3.63) is 41.6 Å². The van der Waals surface area contributed by atoms with Crippen molar-refractivity contribution in [2.45, 2.75) is 24.0 Å². The Balaban J connectivity index is 1.96. The van der Waals surface area contributed by atoms with Crippen LogP contribution < -0.4 is 5.73 Å². The maximum absolute atomic E-state index is 5.76. The van der Waals surface area contributed by atoms with Crippen LogP contribution in [0.4, 0.5) is 5.69 Å². The van der Waals surface area contributed by atoms with E-state index in [2.05, 4.69) is 34.0 Å². The Morgan fingerprint density at radius 2 is 1.95 bits per heavy atom. The Kier molecular flexibility index (Phi) is 2.91. The zero-order chi connectivity index (χ0) is 13.4. The number of anilines is 1. The van der Waals surface area contributed by atoms with Gasteiger partial charge in [0.25, 0.3) is 0 Å². The number of benzene rings is 1. The van der Waals surface area contributed by atoms with Crippen molar-refractivity contribution in [1.29, 1.82) is 0 Å². The molecule has 0 aliphatic heterocycles. The molecule has 0 radical (unpaired) electrons. The lowest BCUT2D eigenvalue weighted by molar-refractivity contribution is 1.02. The molecule has 0 saturated heterocycles. The number of H-pyrrole nitrogens is 1. The Bertz CT molecular complexity index is 728. The third kappa shape index (κ3) is 2.56. The Hall–Kier alpha value is -2.01. The minimum atomic E-state index is 0.734. The first-order valence-corrected chi connectivity index (χ1v) is 6.80. The number of hydrogen-bond acceptors (Lipinski definition) is 4. The molecule has 0 spiro atoms. The molecule has 2 aromatic heterocycles. The number of aryl methyl sites for hydroxylation is 2. The first-order chi connectivity index (χ1) is 9.10. The summed E-state index contributed by atoms with van der Waals surface area (Å²) in [4.78, 5) is 12.3. The average Bonchev–Trinajstić information content (AvgIpc) is 2.68. The molecular weight excluding hydrogens is 256 g/mol. The highest BCUT2D eigenvalue weighted by atomic mass is 32.2. The van der Waals surface area contributed by atoms with Gasteiger partial charge in [-0.05, 0) is 61.5 Å². The summed E-state index contributed by atoms with van der Waals surface area (Å²) in [6.45, 7) is 4.06. The van der Waals surface area contributed by atoms with Gasteiger partial charge >= 0.3 is 0 Å². The predicted molar refractivity (Wildman–Crippen MR) is 78.3 cm³/mol. The lowest BCUT2D eigenvalue weighted by atomic mass is 10.3. The first kappa shape index (κ1) is 12.0. The van der Waals surface area contributed by atoms with E-state index in [1.165, 1.54) is 17.3 Å². The number of nitrogen functional groups attached to an aromatic ring is 1. The molecule has 96 valence electrons. The second-order valence-electron chi connectivity index (χ2n) is 4.54. The number of nitrogens with two attached hydrogens (primary N) is 1. The number of nitrogens with one attached hydrogen (secondary N) is 1. The second kappa shape index (κ2) is 4.59. The van der Waals surface area contributed by atoms with E-state index in [-0.39, 0.29) is 0 Å². The van der Waals surface area contributed by atoms with Crippen molar-refractivity contribution in [3.8, 4) is 0 Å². The molecule has 5 heteroatoms. The van der Waals surface area contributed by atoms with Crippen LogP contribution in [0.1, 0.15) is 11.3 Å². The van der Waals surface area contributed by atoms with E-state index in [0.29, 0.717) is 0 Å². The topological polar surface area (TPSA) is 67.6 Å². The Morgan fingerprint density at radius 1 is 1.11 bits per heavy atom. The summed E-state index contributed by atoms with van der Waals surface area (Å²) in [5.74, 6) is 0. The number of aromatic nitrogens is 3. The van der Waals surface area contributed by atoms with E-state index in [9.17, 15) is 0 Å². The molecule has 4 nitrogen and oxygen atoms in total. The van der Waals surface area contributed by atoms with Gasteiger partial charge in [-0.25, -0.2) is 9.97 Å². The summed E-state index contributed by atoms with van der Waals surface area (Å²) in [5.41, 5.74) is 10.6. The van der Waals surface area contributed by atoms with Gasteiger partial charge in [0.1, 0.15) is 5.03 Å². The summed E-state index contributed by atoms with van der Waals surface area (Å²) in [6, 6.07) is 9.77. The van der Waals surface area contributed by atoms with Gasteiger partial charge < -0.3 is 10.7 Å². The fourth-order valence-electron chi connectivity index (χ4n) is 2.01. The van der Waals surface area contributed by atoms with E-state index in [1.54, 1.807) is 0 Å². The minimum Gasteiger partial charge on any atom is -0.399 e. The minimum absolute atomic E-state index is 0.734. The number of hydrogen-bond donors (Lipinski definition) is 2. The van der Waals surface area contributed by atoms with Gasteiger partial charge in [0.15, 0.2) is 5.16 Å². The molecule has 19 heavy (non-hydrogen) atoms. The predicted octanol–water partition coefficient (Wildman–Crippen LogP) is 3.31. The van der Waals surface area contributed by atoms with Crippen molar-refractivity contribution in [3.63, 3.8) is 0 Å². The second-order valence-corrected chi connectivity index (χ2v) is 5.55. The Morgan fingerprint density at radius 3 is 2.74 bits per heavy atom. The maximum Gasteiger partial charge on any atom is 0.172 e. The molecule has 0 aliphatic rings. The Labute approximate surface area is 115 Å². The molecule has 0 atom stereocenters. The molecule has 0 saturated carbocycles. The van der Waals surface area contributed by atoms with Crippen LogP contribution in [-0.2, 0) is 0 Å². The normalized spacial score (nSPS) is 11.1. The quantitative estimate of drug-likeness (QED) is 0.701. The van der Waals surface area contributed by atoms with Gasteiger partial charge in [-0.1, -0.05) is 0 Å². The summed E-state index contributed by atoms with van der Waals surface area (Å²) >= 11 is 1.53. The van der Waals surface area contributed by atoms with Crippen molar-refractivity contribution >= 4 is 28.5 Å². The molecule has 0 amide bonds. The van der Waals surface area contributed by atoms with Crippen LogP contribution in [0.3, 0.4) is 0 Å². The van der Waals surface area contributed by atoms with Gasteiger partial charge in [0.2, 0.25) is 0 Å². The van der Waals surface area contributed by atoms with Crippen molar-refractivity contribution < 1.29 is 0 Å². The number of rotatable bonds is 2. The highest BCUT2D eigenvalue weighted by molar-refractivity contribution is 7.99. The summed E-state index contributed by atoms with van der Waals surface area (Å²) in [7, 11) is 0. The molecule has 0 unspecified atom stereocenters. The molecular formula is C14H14N4S. The number of aromatic amines is 1. The van der Waals surface area contributed by atoms with Gasteiger partial charge in [-0.15, -0.1) is 0 Å². The third-order valence-electron chi connectivity index (χ3n) is 2.76. The van der Waals surface area contributed by atoms with Crippen LogP contribution in [0.15, 0.2) is 40.5 Å². The highest BCUT2D eigenvalue weighted by Gasteiger charge is 2.06. The SMILES string of the molecule is Cc1cc(C)nc(Sc2nc3ccc(N)cc3[nH]2)c1. The summed E-state index contributed by atoms with van der Waals surface area (Å²) < 4.78 is 0. The monoisotopic (exact) mass is 270 g/mol. The van der Waals surface area contributed by atoms with Crippen LogP contribution in [0.2, 0.25) is 0 Å². The van der Waals surface area contributed by atoms with Gasteiger partial charge in [-0.2, -0.15) is 0 Å². The largest absolute Gasteiger partial charge is 0.399 e. The van der Waals surface area contributed by atoms with E-state index in [4.69, 9.17) is 5.73 Å². The van der Waals surface area contributed by atoms with Crippen molar-refractivity contribution in [1.82, 2.24) is 15.0 Å². The molecule has 0 bridgehead atoms. The van der Waals surface area contributed by atoms with Crippen molar-refractivity contribution in [2.75, 3.05) is 5.73 Å². The standard InChI is InChI=1S/C14H14N4S/c1-8-5-9(2)16-13(6-8)19-14-17-11-4-3-10(15)7-12(11)18-14/h3-7H,15H2,1-2H3,(H,17,18). The van der Waals surface area contributed by atoms with E-state index >= 15 is 0 Å². The fourth-order valence-corrected chi connectivity index (χ4v) is 2.95. The molecule has 3 rings (SSSR count). The smallest absolute Gasteiger partial charge is 0.172 e. The number of fused-ring (bicyclic) bond motifs is 1. The van der Waals surface area contributed by atoms with Crippen molar-refractivity contribution in [2.24, 2.45) is 0 Å². The van der Waals surface area contributed by atoms with Gasteiger partial charge in [0.05, 0.1) is 11.0 Å². The average molecular weight is 270 g/mol. The van der Waals surface area contributed by atoms with Gasteiger partial charge in [-0.3, -0.25) is 0 Å². The van der Waals surface area contributed by atoms with Crippen LogP contribution in [0, 0.1) is 13.8 Å². The fraction of sp³-hybridized carbons (Fsp3) is 0.143. The molecule has 3 N–H and O–H groups in total. The van der Waals surface area contributed by atoms with Crippen LogP contribution in [0.25, 0.3) is 11.0 Å². The third-order valence-corrected chi connectivity index (χ3v) is 3.56. The maximum atomic E-state index is 5.76. The molecule has 3 aromatic rings. The zero-order valence-corrected chi connectivity index (χ0v) is 11.6. The van der Waals surface area contributed by atoms with Gasteiger partial charge in [0, 0.05) is 11.4 Å². The van der Waals surface area contributed by atoms with Crippen LogP contribution in [-0.4, -0.2) is 15.0 Å². The van der Waals surface area contributed by atoms with E-state index < -0.39 is 0 Å². The number of nitrogens with zero attached hydrogens (tertiary/aromatic N) is 2. The lowest BCUT2D eigenvalue weighted by Crippen LogP contribution is -1.87. The van der Waals surface area contributed by atoms with E-state index in [0.717, 1.165) is 32.6 Å². The highest BCUT2D eigenvalue weighted by Crippen LogP contribution is 2.27. The summed E-state index contributed by atoms with van der Waals surface area (Å²) in [5, 5.41) is 1.78. The molecule has 1 aromatic carbocycles. The number of pyridine rings is 1. The number of imidazole rings is 1. The molecule has 0 aliphatic carbocycles. The lowest BCUT2D eigenvalue weighted by Gasteiger charge is -2.01. The van der Waals surface area contributed by atoms with Crippen LogP contribution in [0.5, 0.6) is 0 Å². The summed E-state index contributed by atoms with van der Waals surface area (Å²) in [6.07, 6.45) is 0. The molecule has 2 heterocycles. The first-order valence-electron chi connectivity index (χ1n) is 5.98. The molecule has 0 fully saturated rings. The van der Waals surface area contributed by atoms with Crippen LogP contribution >= 0.6 is 11.8 Å². The zero-order valence-electron chi connectivity index (χ0n) is 10.8.